The summed E-state index contributed by atoms with van der Waals surface area (Å²) in [6.07, 6.45) is 2.40. The minimum atomic E-state index is -3.67. The molecule has 1 amide bonds. The second kappa shape index (κ2) is 7.35. The first kappa shape index (κ1) is 17.4. The van der Waals surface area contributed by atoms with Crippen molar-refractivity contribution in [2.75, 3.05) is 19.6 Å². The number of rotatable bonds is 6. The number of nitrogens with zero attached hydrogens (tertiary/aromatic N) is 1. The van der Waals surface area contributed by atoms with Gasteiger partial charge in [-0.1, -0.05) is 13.8 Å². The third kappa shape index (κ3) is 6.17. The molecular weight excluding hydrogens is 280 g/mol. The molecule has 1 saturated heterocycles. The van der Waals surface area contributed by atoms with Crippen LogP contribution >= 0.6 is 0 Å². The van der Waals surface area contributed by atoms with Crippen LogP contribution in [0.5, 0.6) is 0 Å². The number of piperidine rings is 1. The maximum atomic E-state index is 12.2. The lowest BCUT2D eigenvalue weighted by molar-refractivity contribution is -0.134. The molecule has 2 atom stereocenters. The van der Waals surface area contributed by atoms with E-state index in [1.165, 1.54) is 0 Å². The summed E-state index contributed by atoms with van der Waals surface area (Å²) in [5.41, 5.74) is 5.91. The van der Waals surface area contributed by atoms with E-state index in [1.54, 1.807) is 4.90 Å². The van der Waals surface area contributed by atoms with Crippen molar-refractivity contribution in [3.8, 4) is 0 Å². The first-order valence-corrected chi connectivity index (χ1v) is 8.55. The van der Waals surface area contributed by atoms with Gasteiger partial charge in [-0.25, -0.2) is 9.86 Å². The largest absolute Gasteiger partial charge is 0.341 e. The van der Waals surface area contributed by atoms with Crippen molar-refractivity contribution < 1.29 is 13.2 Å². The molecule has 1 rings (SSSR count). The molecule has 118 valence electrons. The predicted octanol–water partition coefficient (Wildman–Crippen LogP) is -0.608. The topological polar surface area (TPSA) is 119 Å². The van der Waals surface area contributed by atoms with Gasteiger partial charge in [0.15, 0.2) is 0 Å². The monoisotopic (exact) mass is 306 g/mol. The molecule has 7 nitrogen and oxygen atoms in total. The highest BCUT2D eigenvalue weighted by molar-refractivity contribution is 7.87. The Hall–Kier alpha value is -0.700. The number of hydrogen-bond acceptors (Lipinski definition) is 4. The Bertz CT molecular complexity index is 424. The summed E-state index contributed by atoms with van der Waals surface area (Å²) in [7, 11) is -3.67. The second-order valence-electron chi connectivity index (χ2n) is 5.92. The standard InChI is InChI=1S/C12H26N4O3S/c1-9(2)6-11(13)12(17)16-5-3-4-10(8-16)7-15-20(14,18)19/h9-11,15H,3-8,13H2,1-2H3,(H2,14,18,19). The highest BCUT2D eigenvalue weighted by atomic mass is 32.2. The van der Waals surface area contributed by atoms with Crippen LogP contribution in [-0.2, 0) is 15.0 Å². The summed E-state index contributed by atoms with van der Waals surface area (Å²) < 4.78 is 24.1. The summed E-state index contributed by atoms with van der Waals surface area (Å²) in [6, 6.07) is -0.472. The Morgan fingerprint density at radius 2 is 2.10 bits per heavy atom. The molecule has 1 aliphatic heterocycles. The van der Waals surface area contributed by atoms with Crippen LogP contribution in [0.15, 0.2) is 0 Å². The summed E-state index contributed by atoms with van der Waals surface area (Å²) in [5, 5.41) is 4.91. The lowest BCUT2D eigenvalue weighted by Gasteiger charge is -2.34. The zero-order valence-electron chi connectivity index (χ0n) is 12.2. The molecule has 0 aromatic carbocycles. The van der Waals surface area contributed by atoms with Crippen molar-refractivity contribution in [2.45, 2.75) is 39.2 Å². The minimum absolute atomic E-state index is 0.0426. The van der Waals surface area contributed by atoms with E-state index in [4.69, 9.17) is 10.9 Å². The molecule has 0 aromatic heterocycles. The molecule has 0 radical (unpaired) electrons. The molecule has 0 aliphatic carbocycles. The first-order chi connectivity index (χ1) is 9.19. The Labute approximate surface area is 121 Å². The average Bonchev–Trinajstić information content (AvgIpc) is 2.34. The molecule has 0 bridgehead atoms. The fraction of sp³-hybridized carbons (Fsp3) is 0.917. The highest BCUT2D eigenvalue weighted by Gasteiger charge is 2.27. The number of likely N-dealkylation sites (tertiary alicyclic amines) is 1. The van der Waals surface area contributed by atoms with E-state index < -0.39 is 16.3 Å². The van der Waals surface area contributed by atoms with E-state index >= 15 is 0 Å². The van der Waals surface area contributed by atoms with E-state index in [1.807, 2.05) is 13.8 Å². The van der Waals surface area contributed by atoms with Gasteiger partial charge < -0.3 is 10.6 Å². The Morgan fingerprint density at radius 3 is 2.65 bits per heavy atom. The van der Waals surface area contributed by atoms with Crippen LogP contribution in [0.3, 0.4) is 0 Å². The summed E-state index contributed by atoms with van der Waals surface area (Å²) in [6.45, 7) is 5.55. The minimum Gasteiger partial charge on any atom is -0.341 e. The van der Waals surface area contributed by atoms with Gasteiger partial charge in [0.1, 0.15) is 0 Å². The van der Waals surface area contributed by atoms with Crippen molar-refractivity contribution in [1.82, 2.24) is 9.62 Å². The molecule has 2 unspecified atom stereocenters. The van der Waals surface area contributed by atoms with Gasteiger partial charge in [-0.2, -0.15) is 8.42 Å². The van der Waals surface area contributed by atoms with Crippen LogP contribution in [0.4, 0.5) is 0 Å². The lowest BCUT2D eigenvalue weighted by atomic mass is 9.96. The van der Waals surface area contributed by atoms with Gasteiger partial charge in [-0.3, -0.25) is 4.79 Å². The van der Waals surface area contributed by atoms with Crippen LogP contribution < -0.4 is 15.6 Å². The molecule has 1 fully saturated rings. The maximum absolute atomic E-state index is 12.2. The molecule has 20 heavy (non-hydrogen) atoms. The van der Waals surface area contributed by atoms with E-state index in [9.17, 15) is 13.2 Å². The fourth-order valence-corrected chi connectivity index (χ4v) is 2.98. The Kier molecular flexibility index (Phi) is 6.38. The zero-order valence-corrected chi connectivity index (χ0v) is 13.0. The molecule has 8 heteroatoms. The lowest BCUT2D eigenvalue weighted by Crippen LogP contribution is -2.50. The van der Waals surface area contributed by atoms with E-state index in [-0.39, 0.29) is 18.4 Å². The fourth-order valence-electron chi connectivity index (χ4n) is 2.51. The summed E-state index contributed by atoms with van der Waals surface area (Å²) >= 11 is 0. The summed E-state index contributed by atoms with van der Waals surface area (Å²) in [4.78, 5) is 14.0. The SMILES string of the molecule is CC(C)CC(N)C(=O)N1CCCC(CNS(N)(=O)=O)C1. The number of carbonyl (C=O) groups excluding carboxylic acids is 1. The van der Waals surface area contributed by atoms with Gasteiger partial charge in [0.25, 0.3) is 10.2 Å². The van der Waals surface area contributed by atoms with Gasteiger partial charge in [-0.15, -0.1) is 0 Å². The van der Waals surface area contributed by atoms with Crippen LogP contribution in [-0.4, -0.2) is 44.9 Å². The number of nitrogens with two attached hydrogens (primary N) is 2. The van der Waals surface area contributed by atoms with Crippen molar-refractivity contribution >= 4 is 16.1 Å². The van der Waals surface area contributed by atoms with Crippen molar-refractivity contribution in [1.29, 1.82) is 0 Å². The third-order valence-corrected chi connectivity index (χ3v) is 4.02. The van der Waals surface area contributed by atoms with Crippen molar-refractivity contribution in [2.24, 2.45) is 22.7 Å². The molecular formula is C12H26N4O3S. The molecule has 1 aliphatic rings. The Morgan fingerprint density at radius 1 is 1.45 bits per heavy atom. The van der Waals surface area contributed by atoms with Gasteiger partial charge in [0.2, 0.25) is 5.91 Å². The van der Waals surface area contributed by atoms with Crippen LogP contribution in [0.2, 0.25) is 0 Å². The van der Waals surface area contributed by atoms with Crippen molar-refractivity contribution in [3.05, 3.63) is 0 Å². The van der Waals surface area contributed by atoms with Crippen LogP contribution in [0.1, 0.15) is 33.1 Å². The first-order valence-electron chi connectivity index (χ1n) is 7.00. The van der Waals surface area contributed by atoms with Gasteiger partial charge in [0, 0.05) is 19.6 Å². The summed E-state index contributed by atoms with van der Waals surface area (Å²) in [5.74, 6) is 0.426. The van der Waals surface area contributed by atoms with Crippen molar-refractivity contribution in [3.63, 3.8) is 0 Å². The molecule has 0 saturated carbocycles. The van der Waals surface area contributed by atoms with E-state index in [0.717, 1.165) is 12.8 Å². The Balaban J connectivity index is 2.49. The number of nitrogens with one attached hydrogen (secondary N) is 1. The maximum Gasteiger partial charge on any atom is 0.274 e. The second-order valence-corrected chi connectivity index (χ2v) is 7.30. The van der Waals surface area contributed by atoms with E-state index in [0.29, 0.717) is 25.4 Å². The number of amides is 1. The van der Waals surface area contributed by atoms with Gasteiger partial charge in [0.05, 0.1) is 6.04 Å². The smallest absolute Gasteiger partial charge is 0.274 e. The predicted molar refractivity (Wildman–Crippen MR) is 77.8 cm³/mol. The molecule has 1 heterocycles. The number of hydrogen-bond donors (Lipinski definition) is 3. The number of carbonyl (C=O) groups is 1. The highest BCUT2D eigenvalue weighted by Crippen LogP contribution is 2.17. The van der Waals surface area contributed by atoms with Crippen LogP contribution in [0, 0.1) is 11.8 Å². The third-order valence-electron chi connectivity index (χ3n) is 3.45. The molecule has 0 spiro atoms. The van der Waals surface area contributed by atoms with Gasteiger partial charge >= 0.3 is 0 Å². The van der Waals surface area contributed by atoms with Crippen LogP contribution in [0.25, 0.3) is 0 Å². The quantitative estimate of drug-likeness (QED) is 0.606. The van der Waals surface area contributed by atoms with E-state index in [2.05, 4.69) is 4.72 Å². The van der Waals surface area contributed by atoms with Gasteiger partial charge in [-0.05, 0) is 31.1 Å². The average molecular weight is 306 g/mol. The molecule has 5 N–H and O–H groups in total. The molecule has 0 aromatic rings. The normalized spacial score (nSPS) is 22.1. The zero-order chi connectivity index (χ0) is 15.3.